The predicted octanol–water partition coefficient (Wildman–Crippen LogP) is 2.87. The Morgan fingerprint density at radius 1 is 1.00 bits per heavy atom. The molecule has 0 bridgehead atoms. The van der Waals surface area contributed by atoms with Crippen LogP contribution >= 0.6 is 0 Å². The van der Waals surface area contributed by atoms with Crippen molar-refractivity contribution in [3.63, 3.8) is 0 Å². The molecule has 0 aliphatic rings. The van der Waals surface area contributed by atoms with Gasteiger partial charge in [0.1, 0.15) is 5.69 Å². The van der Waals surface area contributed by atoms with Crippen LogP contribution in [-0.4, -0.2) is 12.0 Å². The molecule has 0 aliphatic carbocycles. The molecule has 4 heteroatoms. The molecule has 0 aromatic heterocycles. The minimum Gasteiger partial charge on any atom is -0.421 e. The van der Waals surface area contributed by atoms with Crippen LogP contribution in [0.2, 0.25) is 0 Å². The van der Waals surface area contributed by atoms with E-state index in [0.29, 0.717) is 5.56 Å². The summed E-state index contributed by atoms with van der Waals surface area (Å²) in [5.41, 5.74) is 0.708. The highest BCUT2D eigenvalue weighted by molar-refractivity contribution is 5.91. The molecule has 0 N–H and O–H groups in total. The zero-order chi connectivity index (χ0) is 12.8. The third-order valence-electron chi connectivity index (χ3n) is 2.24. The fourth-order valence-corrected chi connectivity index (χ4v) is 1.42. The number of isocyanates is 1. The summed E-state index contributed by atoms with van der Waals surface area (Å²) in [6.07, 6.45) is 1.42. The SMILES string of the molecule is O=C=Nc1ccccc1OC(=O)c1ccccc1. The average Bonchev–Trinajstić information content (AvgIpc) is 2.42. The number of para-hydroxylation sites is 2. The number of carbonyl (C=O) groups is 1. The first-order valence-electron chi connectivity index (χ1n) is 5.25. The van der Waals surface area contributed by atoms with Gasteiger partial charge in [0.25, 0.3) is 0 Å². The predicted molar refractivity (Wildman–Crippen MR) is 65.6 cm³/mol. The van der Waals surface area contributed by atoms with Gasteiger partial charge in [-0.25, -0.2) is 9.59 Å². The summed E-state index contributed by atoms with van der Waals surface area (Å²) in [5, 5.41) is 0. The zero-order valence-corrected chi connectivity index (χ0v) is 9.37. The Labute approximate surface area is 104 Å². The van der Waals surface area contributed by atoms with Gasteiger partial charge in [0.05, 0.1) is 5.56 Å². The van der Waals surface area contributed by atoms with Gasteiger partial charge in [0.2, 0.25) is 6.08 Å². The maximum absolute atomic E-state index is 11.8. The molecule has 0 spiro atoms. The van der Waals surface area contributed by atoms with Crippen LogP contribution in [0.25, 0.3) is 0 Å². The molecule has 0 aliphatic heterocycles. The second kappa shape index (κ2) is 5.57. The third kappa shape index (κ3) is 2.70. The topological polar surface area (TPSA) is 55.7 Å². The first-order valence-corrected chi connectivity index (χ1v) is 5.25. The third-order valence-corrected chi connectivity index (χ3v) is 2.24. The Kier molecular flexibility index (Phi) is 3.64. The van der Waals surface area contributed by atoms with E-state index in [9.17, 15) is 9.59 Å². The monoisotopic (exact) mass is 239 g/mol. The molecule has 0 fully saturated rings. The number of nitrogens with zero attached hydrogens (tertiary/aromatic N) is 1. The molecular formula is C14H9NO3. The van der Waals surface area contributed by atoms with Crippen LogP contribution in [0.3, 0.4) is 0 Å². The lowest BCUT2D eigenvalue weighted by Crippen LogP contribution is -2.08. The Morgan fingerprint density at radius 2 is 1.67 bits per heavy atom. The Hall–Kier alpha value is -2.71. The van der Waals surface area contributed by atoms with Crippen molar-refractivity contribution >= 4 is 17.7 Å². The summed E-state index contributed by atoms with van der Waals surface area (Å²) >= 11 is 0. The van der Waals surface area contributed by atoms with E-state index in [4.69, 9.17) is 4.74 Å². The standard InChI is InChI=1S/C14H9NO3/c16-10-15-12-8-4-5-9-13(12)18-14(17)11-6-2-1-3-7-11/h1-9H. The summed E-state index contributed by atoms with van der Waals surface area (Å²) in [6.45, 7) is 0. The van der Waals surface area contributed by atoms with Gasteiger partial charge in [0, 0.05) is 0 Å². The fourth-order valence-electron chi connectivity index (χ4n) is 1.42. The van der Waals surface area contributed by atoms with Crippen LogP contribution in [0, 0.1) is 0 Å². The summed E-state index contributed by atoms with van der Waals surface area (Å²) in [6, 6.07) is 15.1. The van der Waals surface area contributed by atoms with E-state index in [1.54, 1.807) is 54.6 Å². The molecule has 0 saturated carbocycles. The van der Waals surface area contributed by atoms with Crippen LogP contribution in [0.1, 0.15) is 10.4 Å². The van der Waals surface area contributed by atoms with E-state index in [0.717, 1.165) is 0 Å². The number of hydrogen-bond acceptors (Lipinski definition) is 4. The van der Waals surface area contributed by atoms with Crippen molar-refractivity contribution in [1.29, 1.82) is 0 Å². The highest BCUT2D eigenvalue weighted by Gasteiger charge is 2.10. The number of aliphatic imine (C=N–C) groups is 1. The lowest BCUT2D eigenvalue weighted by atomic mass is 10.2. The average molecular weight is 239 g/mol. The smallest absolute Gasteiger partial charge is 0.343 e. The highest BCUT2D eigenvalue weighted by atomic mass is 16.5. The molecule has 0 unspecified atom stereocenters. The van der Waals surface area contributed by atoms with Crippen molar-refractivity contribution in [3.8, 4) is 5.75 Å². The van der Waals surface area contributed by atoms with E-state index >= 15 is 0 Å². The molecule has 0 atom stereocenters. The molecule has 2 rings (SSSR count). The summed E-state index contributed by atoms with van der Waals surface area (Å²) < 4.78 is 5.17. The van der Waals surface area contributed by atoms with Crippen LogP contribution in [0.5, 0.6) is 5.75 Å². The molecule has 0 saturated heterocycles. The second-order valence-corrected chi connectivity index (χ2v) is 3.43. The molecule has 88 valence electrons. The normalized spacial score (nSPS) is 9.33. The van der Waals surface area contributed by atoms with E-state index in [2.05, 4.69) is 4.99 Å². The first-order chi connectivity index (χ1) is 8.81. The molecule has 2 aromatic carbocycles. The van der Waals surface area contributed by atoms with Crippen molar-refractivity contribution in [1.82, 2.24) is 0 Å². The van der Waals surface area contributed by atoms with Crippen molar-refractivity contribution < 1.29 is 14.3 Å². The number of benzene rings is 2. The molecular weight excluding hydrogens is 230 g/mol. The summed E-state index contributed by atoms with van der Waals surface area (Å²) in [5.74, 6) is -0.265. The Balaban J connectivity index is 2.25. The van der Waals surface area contributed by atoms with Gasteiger partial charge in [-0.1, -0.05) is 30.3 Å². The largest absolute Gasteiger partial charge is 0.421 e. The number of esters is 1. The maximum Gasteiger partial charge on any atom is 0.343 e. The van der Waals surface area contributed by atoms with Crippen molar-refractivity contribution in [2.75, 3.05) is 0 Å². The first kappa shape index (κ1) is 11.8. The Morgan fingerprint density at radius 3 is 2.39 bits per heavy atom. The fraction of sp³-hybridized carbons (Fsp3) is 0. The lowest BCUT2D eigenvalue weighted by Gasteiger charge is -2.05. The van der Waals surface area contributed by atoms with Gasteiger partial charge >= 0.3 is 5.97 Å². The molecule has 0 radical (unpaired) electrons. The quantitative estimate of drug-likeness (QED) is 0.358. The van der Waals surface area contributed by atoms with Crippen molar-refractivity contribution in [2.24, 2.45) is 4.99 Å². The van der Waals surface area contributed by atoms with Gasteiger partial charge in [-0.3, -0.25) is 0 Å². The molecule has 2 aromatic rings. The lowest BCUT2D eigenvalue weighted by molar-refractivity contribution is 0.0735. The second-order valence-electron chi connectivity index (χ2n) is 3.43. The minimum absolute atomic E-state index is 0.231. The molecule has 18 heavy (non-hydrogen) atoms. The number of rotatable bonds is 3. The van der Waals surface area contributed by atoms with Crippen LogP contribution in [-0.2, 0) is 4.79 Å². The highest BCUT2D eigenvalue weighted by Crippen LogP contribution is 2.26. The number of hydrogen-bond donors (Lipinski definition) is 0. The number of carbonyl (C=O) groups excluding carboxylic acids is 2. The summed E-state index contributed by atoms with van der Waals surface area (Å²) in [7, 11) is 0. The minimum atomic E-state index is -0.496. The molecule has 4 nitrogen and oxygen atoms in total. The maximum atomic E-state index is 11.8. The van der Waals surface area contributed by atoms with Gasteiger partial charge in [-0.15, -0.1) is 0 Å². The molecule has 0 heterocycles. The van der Waals surface area contributed by atoms with E-state index in [1.807, 2.05) is 0 Å². The van der Waals surface area contributed by atoms with Gasteiger partial charge < -0.3 is 4.74 Å². The Bertz CT molecular complexity index is 601. The zero-order valence-electron chi connectivity index (χ0n) is 9.37. The van der Waals surface area contributed by atoms with Crippen molar-refractivity contribution in [3.05, 3.63) is 60.2 Å². The molecule has 0 amide bonds. The summed E-state index contributed by atoms with van der Waals surface area (Å²) in [4.78, 5) is 25.5. The van der Waals surface area contributed by atoms with E-state index in [-0.39, 0.29) is 11.4 Å². The van der Waals surface area contributed by atoms with Gasteiger partial charge in [-0.2, -0.15) is 4.99 Å². The van der Waals surface area contributed by atoms with Crippen LogP contribution < -0.4 is 4.74 Å². The van der Waals surface area contributed by atoms with Crippen LogP contribution in [0.15, 0.2) is 59.6 Å². The van der Waals surface area contributed by atoms with Crippen LogP contribution in [0.4, 0.5) is 5.69 Å². The van der Waals surface area contributed by atoms with E-state index in [1.165, 1.54) is 6.08 Å². The van der Waals surface area contributed by atoms with Crippen molar-refractivity contribution in [2.45, 2.75) is 0 Å². The van der Waals surface area contributed by atoms with Gasteiger partial charge in [-0.05, 0) is 24.3 Å². The van der Waals surface area contributed by atoms with E-state index < -0.39 is 5.97 Å². The van der Waals surface area contributed by atoms with Gasteiger partial charge in [0.15, 0.2) is 5.75 Å². The number of ether oxygens (including phenoxy) is 1.